The fourth-order valence-corrected chi connectivity index (χ4v) is 2.23. The zero-order chi connectivity index (χ0) is 10.7. The topological polar surface area (TPSA) is 38.7 Å². The van der Waals surface area contributed by atoms with E-state index in [1.807, 2.05) is 13.0 Å². The minimum absolute atomic E-state index is 0.718. The Bertz CT molecular complexity index is 461. The van der Waals surface area contributed by atoms with E-state index in [1.54, 1.807) is 24.7 Å². The van der Waals surface area contributed by atoms with Crippen LogP contribution >= 0.6 is 27.7 Å². The molecule has 0 spiro atoms. The second kappa shape index (κ2) is 4.72. The molecule has 2 rings (SSSR count). The van der Waals surface area contributed by atoms with Gasteiger partial charge in [-0.2, -0.15) is 0 Å². The third-order valence-corrected chi connectivity index (χ3v) is 3.17. The Kier molecular flexibility index (Phi) is 3.33. The Morgan fingerprint density at radius 1 is 1.20 bits per heavy atom. The van der Waals surface area contributed by atoms with Crippen molar-refractivity contribution >= 4 is 27.7 Å². The Morgan fingerprint density at radius 3 is 2.60 bits per heavy atom. The van der Waals surface area contributed by atoms with Crippen molar-refractivity contribution in [3.8, 4) is 0 Å². The van der Waals surface area contributed by atoms with Gasteiger partial charge in [0.05, 0.1) is 0 Å². The van der Waals surface area contributed by atoms with Gasteiger partial charge in [0.15, 0.2) is 5.16 Å². The molecule has 76 valence electrons. The number of rotatable bonds is 2. The zero-order valence-electron chi connectivity index (χ0n) is 8.01. The van der Waals surface area contributed by atoms with Gasteiger partial charge in [0.1, 0.15) is 5.03 Å². The number of hydrogen-bond acceptors (Lipinski definition) is 4. The second-order valence-corrected chi connectivity index (χ2v) is 4.78. The molecule has 0 unspecified atom stereocenters. The maximum absolute atomic E-state index is 4.31. The molecule has 0 aromatic carbocycles. The summed E-state index contributed by atoms with van der Waals surface area (Å²) in [4.78, 5) is 12.6. The van der Waals surface area contributed by atoms with Gasteiger partial charge in [-0.3, -0.25) is 0 Å². The van der Waals surface area contributed by atoms with Crippen molar-refractivity contribution in [3.05, 3.63) is 40.8 Å². The Balaban J connectivity index is 2.25. The molecule has 5 heteroatoms. The molecule has 2 aromatic heterocycles. The van der Waals surface area contributed by atoms with Crippen molar-refractivity contribution in [1.29, 1.82) is 0 Å². The molecule has 0 aliphatic rings. The number of nitrogens with zero attached hydrogens (tertiary/aromatic N) is 3. The third-order valence-electron chi connectivity index (χ3n) is 1.73. The minimum atomic E-state index is 0.718. The molecule has 2 heterocycles. The summed E-state index contributed by atoms with van der Waals surface area (Å²) in [6.45, 7) is 2.02. The molecule has 0 bridgehead atoms. The normalized spacial score (nSPS) is 10.3. The van der Waals surface area contributed by atoms with Crippen LogP contribution in [0.15, 0.2) is 45.4 Å². The minimum Gasteiger partial charge on any atom is -0.248 e. The fraction of sp³-hybridized carbons (Fsp3) is 0.100. The first kappa shape index (κ1) is 10.6. The molecule has 0 N–H and O–H groups in total. The van der Waals surface area contributed by atoms with E-state index >= 15 is 0 Å². The monoisotopic (exact) mass is 281 g/mol. The van der Waals surface area contributed by atoms with Crippen LogP contribution in [0.3, 0.4) is 0 Å². The van der Waals surface area contributed by atoms with Crippen LogP contribution in [0, 0.1) is 6.92 Å². The molecule has 0 aliphatic carbocycles. The fourth-order valence-electron chi connectivity index (χ4n) is 1.06. The summed E-state index contributed by atoms with van der Waals surface area (Å²) in [6, 6.07) is 3.82. The van der Waals surface area contributed by atoms with Gasteiger partial charge in [-0.15, -0.1) is 0 Å². The van der Waals surface area contributed by atoms with Gasteiger partial charge >= 0.3 is 0 Å². The average Bonchev–Trinajstić information content (AvgIpc) is 2.24. The first-order valence-electron chi connectivity index (χ1n) is 4.33. The van der Waals surface area contributed by atoms with E-state index in [2.05, 4.69) is 30.9 Å². The largest absolute Gasteiger partial charge is 0.248 e. The molecule has 15 heavy (non-hydrogen) atoms. The van der Waals surface area contributed by atoms with Crippen molar-refractivity contribution < 1.29 is 0 Å². The molecule has 0 atom stereocenters. The average molecular weight is 282 g/mol. The van der Waals surface area contributed by atoms with Crippen LogP contribution in [-0.2, 0) is 0 Å². The smallest absolute Gasteiger partial charge is 0.193 e. The van der Waals surface area contributed by atoms with Gasteiger partial charge < -0.3 is 0 Å². The van der Waals surface area contributed by atoms with Gasteiger partial charge in [0.2, 0.25) is 0 Å². The third kappa shape index (κ3) is 2.76. The van der Waals surface area contributed by atoms with Crippen LogP contribution < -0.4 is 0 Å². The van der Waals surface area contributed by atoms with Gasteiger partial charge in [-0.05, 0) is 52.3 Å². The number of hydrogen-bond donors (Lipinski definition) is 0. The number of aromatic nitrogens is 3. The first-order valence-corrected chi connectivity index (χ1v) is 5.93. The van der Waals surface area contributed by atoms with Crippen molar-refractivity contribution in [2.75, 3.05) is 0 Å². The van der Waals surface area contributed by atoms with Crippen molar-refractivity contribution in [2.24, 2.45) is 0 Å². The highest BCUT2D eigenvalue weighted by atomic mass is 79.9. The lowest BCUT2D eigenvalue weighted by Gasteiger charge is -2.02. The summed E-state index contributed by atoms with van der Waals surface area (Å²) < 4.78 is 0.985. The lowest BCUT2D eigenvalue weighted by Crippen LogP contribution is -1.88. The standard InChI is InChI=1S/C10H8BrN3S/c1-7-5-8(11)6-14-9(7)15-10-12-3-2-4-13-10/h2-6H,1H3. The highest BCUT2D eigenvalue weighted by Crippen LogP contribution is 2.26. The van der Waals surface area contributed by atoms with Crippen LogP contribution in [-0.4, -0.2) is 15.0 Å². The van der Waals surface area contributed by atoms with E-state index in [-0.39, 0.29) is 0 Å². The van der Waals surface area contributed by atoms with Crippen molar-refractivity contribution in [1.82, 2.24) is 15.0 Å². The van der Waals surface area contributed by atoms with E-state index in [9.17, 15) is 0 Å². The van der Waals surface area contributed by atoms with Crippen LogP contribution in [0.4, 0.5) is 0 Å². The van der Waals surface area contributed by atoms with E-state index in [0.717, 1.165) is 20.2 Å². The summed E-state index contributed by atoms with van der Waals surface area (Å²) >= 11 is 4.85. The molecule has 2 aromatic rings. The molecular formula is C10H8BrN3S. The van der Waals surface area contributed by atoms with Crippen LogP contribution in [0.5, 0.6) is 0 Å². The van der Waals surface area contributed by atoms with E-state index in [1.165, 1.54) is 11.8 Å². The van der Waals surface area contributed by atoms with Gasteiger partial charge in [0.25, 0.3) is 0 Å². The molecule has 0 amide bonds. The lowest BCUT2D eigenvalue weighted by molar-refractivity contribution is 0.955. The van der Waals surface area contributed by atoms with Crippen molar-refractivity contribution in [2.45, 2.75) is 17.1 Å². The summed E-state index contributed by atoms with van der Waals surface area (Å²) in [5.41, 5.74) is 1.11. The lowest BCUT2D eigenvalue weighted by atomic mass is 10.3. The zero-order valence-corrected chi connectivity index (χ0v) is 10.4. The number of aryl methyl sites for hydroxylation is 1. The molecule has 0 fully saturated rings. The SMILES string of the molecule is Cc1cc(Br)cnc1Sc1ncccn1. The van der Waals surface area contributed by atoms with Crippen molar-refractivity contribution in [3.63, 3.8) is 0 Å². The van der Waals surface area contributed by atoms with E-state index in [0.29, 0.717) is 0 Å². The van der Waals surface area contributed by atoms with E-state index < -0.39 is 0 Å². The molecule has 0 aliphatic heterocycles. The second-order valence-electron chi connectivity index (χ2n) is 2.91. The first-order chi connectivity index (χ1) is 7.25. The Hall–Kier alpha value is -0.940. The highest BCUT2D eigenvalue weighted by Gasteiger charge is 2.04. The van der Waals surface area contributed by atoms with Gasteiger partial charge in [-0.25, -0.2) is 15.0 Å². The summed E-state index contributed by atoms with van der Waals surface area (Å²) in [5, 5.41) is 1.65. The molecule has 0 radical (unpaired) electrons. The maximum Gasteiger partial charge on any atom is 0.193 e. The summed E-state index contributed by atoms with van der Waals surface area (Å²) in [6.07, 6.45) is 5.23. The predicted molar refractivity (Wildman–Crippen MR) is 62.8 cm³/mol. The van der Waals surface area contributed by atoms with Crippen LogP contribution in [0.1, 0.15) is 5.56 Å². The molecule has 0 saturated heterocycles. The summed E-state index contributed by atoms with van der Waals surface area (Å²) in [7, 11) is 0. The van der Waals surface area contributed by atoms with Crippen LogP contribution in [0.25, 0.3) is 0 Å². The summed E-state index contributed by atoms with van der Waals surface area (Å²) in [5.74, 6) is 0. The maximum atomic E-state index is 4.31. The molecular weight excluding hydrogens is 274 g/mol. The number of pyridine rings is 1. The Labute approximate surface area is 101 Å². The van der Waals surface area contributed by atoms with Gasteiger partial charge in [-0.1, -0.05) is 0 Å². The highest BCUT2D eigenvalue weighted by molar-refractivity contribution is 9.10. The van der Waals surface area contributed by atoms with Crippen LogP contribution in [0.2, 0.25) is 0 Å². The quantitative estimate of drug-likeness (QED) is 0.793. The van der Waals surface area contributed by atoms with Gasteiger partial charge in [0, 0.05) is 23.1 Å². The predicted octanol–water partition coefficient (Wildman–Crippen LogP) is 3.09. The molecule has 3 nitrogen and oxygen atoms in total. The van der Waals surface area contributed by atoms with E-state index in [4.69, 9.17) is 0 Å². The Morgan fingerprint density at radius 2 is 1.93 bits per heavy atom. The number of halogens is 1. The molecule has 0 saturated carbocycles.